The fourth-order valence-electron chi connectivity index (χ4n) is 3.66. The molecule has 172 valence electrons. The molecular weight excluding hydrogens is 440 g/mol. The molecule has 0 radical (unpaired) electrons. The van der Waals surface area contributed by atoms with Crippen LogP contribution in [0.4, 0.5) is 6.01 Å². The maximum Gasteiger partial charge on any atom is 0.295 e. The highest BCUT2D eigenvalue weighted by molar-refractivity contribution is 6.31. The van der Waals surface area contributed by atoms with Crippen molar-refractivity contribution in [2.24, 2.45) is 5.92 Å². The Morgan fingerprint density at radius 1 is 1.18 bits per heavy atom. The van der Waals surface area contributed by atoms with Crippen LogP contribution < -0.4 is 10.6 Å². The average Bonchev–Trinajstić information content (AvgIpc) is 3.46. The predicted octanol–water partition coefficient (Wildman–Crippen LogP) is 5.02. The normalized spacial score (nSPS) is 12.1. The number of rotatable bonds is 10. The Kier molecular flexibility index (Phi) is 7.24. The fraction of sp³-hybridized carbons (Fsp3) is 0.333. The van der Waals surface area contributed by atoms with Crippen LogP contribution in [0.25, 0.3) is 16.8 Å². The number of nitrogens with zero attached hydrogens (tertiary/aromatic N) is 4. The molecule has 1 atom stereocenters. The van der Waals surface area contributed by atoms with Crippen LogP contribution in [0.5, 0.6) is 0 Å². The quantitative estimate of drug-likeness (QED) is 0.318. The molecule has 4 aromatic rings. The third-order valence-electron chi connectivity index (χ3n) is 5.48. The van der Waals surface area contributed by atoms with E-state index in [1.54, 1.807) is 23.1 Å². The van der Waals surface area contributed by atoms with Crippen molar-refractivity contribution in [2.75, 3.05) is 18.4 Å². The molecule has 1 unspecified atom stereocenters. The molecule has 0 aliphatic rings. The Morgan fingerprint density at radius 2 is 2.06 bits per heavy atom. The van der Waals surface area contributed by atoms with E-state index in [9.17, 15) is 4.79 Å². The summed E-state index contributed by atoms with van der Waals surface area (Å²) in [6.07, 6.45) is 5.93. The van der Waals surface area contributed by atoms with E-state index in [1.807, 2.05) is 31.2 Å². The van der Waals surface area contributed by atoms with Gasteiger partial charge >= 0.3 is 0 Å². The SMILES string of the molecule is Cc1ccc(-n2cncn2)c(C(=O)NCCCC(C)CCNc2nc3cc(Cl)ccc3o2)c1. The molecule has 2 heterocycles. The number of oxazole rings is 1. The number of aryl methyl sites for hydroxylation is 1. The van der Waals surface area contributed by atoms with Crippen molar-refractivity contribution >= 4 is 34.6 Å². The van der Waals surface area contributed by atoms with Gasteiger partial charge in [0.15, 0.2) is 5.58 Å². The first-order chi connectivity index (χ1) is 16.0. The van der Waals surface area contributed by atoms with Crippen LogP contribution in [0.3, 0.4) is 0 Å². The summed E-state index contributed by atoms with van der Waals surface area (Å²) in [4.78, 5) is 21.2. The van der Waals surface area contributed by atoms with Gasteiger partial charge in [0.1, 0.15) is 18.2 Å². The van der Waals surface area contributed by atoms with Crippen molar-refractivity contribution in [3.63, 3.8) is 0 Å². The first-order valence-corrected chi connectivity index (χ1v) is 11.4. The average molecular weight is 467 g/mol. The van der Waals surface area contributed by atoms with Crippen molar-refractivity contribution in [1.82, 2.24) is 25.1 Å². The van der Waals surface area contributed by atoms with Gasteiger partial charge in [-0.1, -0.05) is 30.2 Å². The molecule has 0 saturated carbocycles. The molecule has 0 bridgehead atoms. The van der Waals surface area contributed by atoms with Crippen LogP contribution in [-0.4, -0.2) is 38.7 Å². The Balaban J connectivity index is 1.20. The van der Waals surface area contributed by atoms with Crippen LogP contribution in [0.1, 0.15) is 42.1 Å². The Hall–Kier alpha value is -3.39. The molecule has 0 saturated heterocycles. The summed E-state index contributed by atoms with van der Waals surface area (Å²) >= 11 is 5.99. The van der Waals surface area contributed by atoms with E-state index in [2.05, 4.69) is 32.6 Å². The fourth-order valence-corrected chi connectivity index (χ4v) is 3.82. The summed E-state index contributed by atoms with van der Waals surface area (Å²) in [6.45, 7) is 5.55. The molecule has 2 aromatic carbocycles. The largest absolute Gasteiger partial charge is 0.424 e. The second-order valence-corrected chi connectivity index (χ2v) is 8.65. The summed E-state index contributed by atoms with van der Waals surface area (Å²) in [5.74, 6) is 0.396. The Morgan fingerprint density at radius 3 is 2.88 bits per heavy atom. The molecule has 4 rings (SSSR count). The number of benzene rings is 2. The first-order valence-electron chi connectivity index (χ1n) is 11.0. The van der Waals surface area contributed by atoms with E-state index in [4.69, 9.17) is 16.0 Å². The number of nitrogens with one attached hydrogen (secondary N) is 2. The molecule has 0 aliphatic carbocycles. The highest BCUT2D eigenvalue weighted by atomic mass is 35.5. The molecule has 2 aromatic heterocycles. The first kappa shape index (κ1) is 22.8. The number of carbonyl (C=O) groups is 1. The van der Waals surface area contributed by atoms with E-state index < -0.39 is 0 Å². The summed E-state index contributed by atoms with van der Waals surface area (Å²) in [7, 11) is 0. The highest BCUT2D eigenvalue weighted by Gasteiger charge is 2.14. The number of amides is 1. The second-order valence-electron chi connectivity index (χ2n) is 8.21. The van der Waals surface area contributed by atoms with Gasteiger partial charge in [-0.3, -0.25) is 4.79 Å². The van der Waals surface area contributed by atoms with Gasteiger partial charge < -0.3 is 15.1 Å². The number of aromatic nitrogens is 4. The molecule has 9 heteroatoms. The van der Waals surface area contributed by atoms with Crippen molar-refractivity contribution in [3.05, 3.63) is 65.2 Å². The van der Waals surface area contributed by atoms with Gasteiger partial charge in [0, 0.05) is 18.1 Å². The molecule has 0 fully saturated rings. The lowest BCUT2D eigenvalue weighted by Gasteiger charge is -2.13. The van der Waals surface area contributed by atoms with Crippen molar-refractivity contribution < 1.29 is 9.21 Å². The second kappa shape index (κ2) is 10.5. The summed E-state index contributed by atoms with van der Waals surface area (Å²) in [5.41, 5.74) is 3.79. The van der Waals surface area contributed by atoms with Crippen molar-refractivity contribution in [3.8, 4) is 5.69 Å². The number of halogens is 1. The molecule has 0 aliphatic heterocycles. The molecule has 2 N–H and O–H groups in total. The van der Waals surface area contributed by atoms with Gasteiger partial charge in [0.05, 0.1) is 11.3 Å². The van der Waals surface area contributed by atoms with E-state index in [1.165, 1.54) is 6.33 Å². The van der Waals surface area contributed by atoms with Gasteiger partial charge in [-0.25, -0.2) is 9.67 Å². The number of carbonyl (C=O) groups excluding carboxylic acids is 1. The van der Waals surface area contributed by atoms with E-state index in [-0.39, 0.29) is 5.91 Å². The van der Waals surface area contributed by atoms with Gasteiger partial charge in [-0.05, 0) is 62.4 Å². The lowest BCUT2D eigenvalue weighted by molar-refractivity contribution is 0.0952. The minimum atomic E-state index is -0.102. The summed E-state index contributed by atoms with van der Waals surface area (Å²) in [6, 6.07) is 11.6. The van der Waals surface area contributed by atoms with Crippen LogP contribution in [-0.2, 0) is 0 Å². The van der Waals surface area contributed by atoms with Gasteiger partial charge in [0.2, 0.25) is 0 Å². The zero-order valence-corrected chi connectivity index (χ0v) is 19.5. The van der Waals surface area contributed by atoms with E-state index in [0.717, 1.165) is 42.6 Å². The van der Waals surface area contributed by atoms with Crippen LogP contribution in [0, 0.1) is 12.8 Å². The Bertz CT molecular complexity index is 1220. The maximum absolute atomic E-state index is 12.8. The monoisotopic (exact) mass is 466 g/mol. The molecular formula is C24H27ClN6O2. The van der Waals surface area contributed by atoms with Gasteiger partial charge in [-0.2, -0.15) is 10.1 Å². The number of hydrogen-bond acceptors (Lipinski definition) is 6. The zero-order chi connectivity index (χ0) is 23.2. The number of hydrogen-bond donors (Lipinski definition) is 2. The predicted molar refractivity (Wildman–Crippen MR) is 129 cm³/mol. The third kappa shape index (κ3) is 5.90. The summed E-state index contributed by atoms with van der Waals surface area (Å²) in [5, 5.41) is 11.1. The standard InChI is InChI=1S/C24H27ClN6O2/c1-16(9-11-28-24-30-20-13-18(25)6-8-22(20)33-24)4-3-10-27-23(32)19-12-17(2)5-7-21(19)31-15-26-14-29-31/h5-8,12-16H,3-4,9-11H2,1-2H3,(H,27,32)(H,28,30). The van der Waals surface area contributed by atoms with Crippen LogP contribution in [0.2, 0.25) is 5.02 Å². The zero-order valence-electron chi connectivity index (χ0n) is 18.7. The number of anilines is 1. The molecule has 0 spiro atoms. The lowest BCUT2D eigenvalue weighted by Crippen LogP contribution is -2.26. The van der Waals surface area contributed by atoms with Crippen LogP contribution in [0.15, 0.2) is 53.5 Å². The molecule has 1 amide bonds. The van der Waals surface area contributed by atoms with Crippen LogP contribution >= 0.6 is 11.6 Å². The van der Waals surface area contributed by atoms with E-state index in [0.29, 0.717) is 34.6 Å². The molecule has 33 heavy (non-hydrogen) atoms. The Labute approximate surface area is 197 Å². The van der Waals surface area contributed by atoms with Gasteiger partial charge in [0.25, 0.3) is 11.9 Å². The minimum absolute atomic E-state index is 0.102. The number of fused-ring (bicyclic) bond motifs is 1. The van der Waals surface area contributed by atoms with Crippen molar-refractivity contribution in [1.29, 1.82) is 0 Å². The third-order valence-corrected chi connectivity index (χ3v) is 5.72. The van der Waals surface area contributed by atoms with Gasteiger partial charge in [-0.15, -0.1) is 0 Å². The smallest absolute Gasteiger partial charge is 0.295 e. The van der Waals surface area contributed by atoms with E-state index >= 15 is 0 Å². The molecule has 8 nitrogen and oxygen atoms in total. The van der Waals surface area contributed by atoms with Crippen molar-refractivity contribution in [2.45, 2.75) is 33.1 Å². The maximum atomic E-state index is 12.8. The topological polar surface area (TPSA) is 97.9 Å². The summed E-state index contributed by atoms with van der Waals surface area (Å²) < 4.78 is 7.28. The highest BCUT2D eigenvalue weighted by Crippen LogP contribution is 2.22. The lowest BCUT2D eigenvalue weighted by atomic mass is 10.0. The minimum Gasteiger partial charge on any atom is -0.424 e.